The van der Waals surface area contributed by atoms with Crippen molar-refractivity contribution in [2.45, 2.75) is 31.8 Å². The van der Waals surface area contributed by atoms with E-state index in [1.54, 1.807) is 6.07 Å². The van der Waals surface area contributed by atoms with Crippen molar-refractivity contribution in [2.24, 2.45) is 5.92 Å². The van der Waals surface area contributed by atoms with Gasteiger partial charge in [0.2, 0.25) is 5.91 Å². The van der Waals surface area contributed by atoms with Crippen LogP contribution in [0.25, 0.3) is 0 Å². The molecule has 1 aromatic rings. The van der Waals surface area contributed by atoms with Crippen molar-refractivity contribution in [1.82, 2.24) is 5.32 Å². The number of amides is 1. The minimum atomic E-state index is -0.469. The average molecular weight is 281 g/mol. The molecule has 2 atom stereocenters. The van der Waals surface area contributed by atoms with Crippen LogP contribution in [0.1, 0.15) is 24.8 Å². The van der Waals surface area contributed by atoms with E-state index in [4.69, 9.17) is 4.74 Å². The molecule has 2 N–H and O–H groups in total. The van der Waals surface area contributed by atoms with E-state index in [9.17, 15) is 14.3 Å². The van der Waals surface area contributed by atoms with Crippen molar-refractivity contribution in [3.63, 3.8) is 0 Å². The fourth-order valence-corrected chi connectivity index (χ4v) is 2.57. The molecule has 5 heteroatoms. The number of methoxy groups -OCH3 is 1. The van der Waals surface area contributed by atoms with Crippen molar-refractivity contribution in [3.8, 4) is 5.75 Å². The number of ether oxygens (including phenoxy) is 1. The fraction of sp³-hybridized carbons (Fsp3) is 0.533. The Balaban J connectivity index is 1.83. The highest BCUT2D eigenvalue weighted by molar-refractivity contribution is 5.78. The highest BCUT2D eigenvalue weighted by Crippen LogP contribution is 2.24. The molecule has 1 saturated carbocycles. The van der Waals surface area contributed by atoms with Gasteiger partial charge >= 0.3 is 0 Å². The first-order chi connectivity index (χ1) is 9.60. The molecule has 1 amide bonds. The largest absolute Gasteiger partial charge is 0.494 e. The van der Waals surface area contributed by atoms with Crippen molar-refractivity contribution in [2.75, 3.05) is 13.7 Å². The summed E-state index contributed by atoms with van der Waals surface area (Å²) in [5.41, 5.74) is 0.604. The van der Waals surface area contributed by atoms with Crippen LogP contribution in [0.4, 0.5) is 4.39 Å². The lowest BCUT2D eigenvalue weighted by Crippen LogP contribution is -2.33. The van der Waals surface area contributed by atoms with Crippen LogP contribution in [0.3, 0.4) is 0 Å². The van der Waals surface area contributed by atoms with Gasteiger partial charge in [0.25, 0.3) is 0 Å². The van der Waals surface area contributed by atoms with Crippen molar-refractivity contribution < 1.29 is 19.0 Å². The Morgan fingerprint density at radius 3 is 2.90 bits per heavy atom. The van der Waals surface area contributed by atoms with E-state index >= 15 is 0 Å². The lowest BCUT2D eigenvalue weighted by Gasteiger charge is -2.15. The summed E-state index contributed by atoms with van der Waals surface area (Å²) in [6.45, 7) is 0.485. The van der Waals surface area contributed by atoms with Gasteiger partial charge in [-0.15, -0.1) is 0 Å². The fourth-order valence-electron chi connectivity index (χ4n) is 2.57. The summed E-state index contributed by atoms with van der Waals surface area (Å²) in [5, 5.41) is 12.5. The molecular formula is C15H20FNO3. The molecule has 110 valence electrons. The van der Waals surface area contributed by atoms with Gasteiger partial charge in [-0.3, -0.25) is 4.79 Å². The Morgan fingerprint density at radius 1 is 1.50 bits per heavy atom. The van der Waals surface area contributed by atoms with Gasteiger partial charge < -0.3 is 15.2 Å². The summed E-state index contributed by atoms with van der Waals surface area (Å²) in [5.74, 6) is -0.313. The third kappa shape index (κ3) is 3.70. The molecule has 0 heterocycles. The molecule has 1 aliphatic carbocycles. The number of rotatable bonds is 5. The lowest BCUT2D eigenvalue weighted by molar-refractivity contribution is -0.120. The van der Waals surface area contributed by atoms with Crippen LogP contribution < -0.4 is 10.1 Å². The second kappa shape index (κ2) is 6.70. The number of nitrogens with one attached hydrogen (secondary N) is 1. The summed E-state index contributed by atoms with van der Waals surface area (Å²) in [7, 11) is 1.40. The van der Waals surface area contributed by atoms with Crippen molar-refractivity contribution >= 4 is 5.91 Å². The molecule has 0 radical (unpaired) electrons. The number of halogens is 1. The summed E-state index contributed by atoms with van der Waals surface area (Å²) >= 11 is 0. The number of aliphatic hydroxyl groups excluding tert-OH is 1. The standard InChI is InChI=1S/C15H20FNO3/c1-20-14-6-5-10(7-12(14)16)8-15(19)17-9-11-3-2-4-13(11)18/h5-7,11,13,18H,2-4,8-9H2,1H3,(H,17,19). The van der Waals surface area contributed by atoms with Crippen LogP contribution >= 0.6 is 0 Å². The Bertz CT molecular complexity index is 478. The molecule has 0 saturated heterocycles. The smallest absolute Gasteiger partial charge is 0.224 e. The highest BCUT2D eigenvalue weighted by Gasteiger charge is 2.25. The first-order valence-electron chi connectivity index (χ1n) is 6.87. The van der Waals surface area contributed by atoms with Gasteiger partial charge in [-0.2, -0.15) is 0 Å². The molecule has 1 aromatic carbocycles. The van der Waals surface area contributed by atoms with Crippen LogP contribution in [0, 0.1) is 11.7 Å². The van der Waals surface area contributed by atoms with E-state index in [1.807, 2.05) is 0 Å². The van der Waals surface area contributed by atoms with Crippen LogP contribution in [0.5, 0.6) is 5.75 Å². The number of benzene rings is 1. The Morgan fingerprint density at radius 2 is 2.30 bits per heavy atom. The van der Waals surface area contributed by atoms with E-state index in [0.29, 0.717) is 12.1 Å². The first-order valence-corrected chi connectivity index (χ1v) is 6.87. The van der Waals surface area contributed by atoms with Crippen LogP contribution in [0.2, 0.25) is 0 Å². The SMILES string of the molecule is COc1ccc(CC(=O)NCC2CCCC2O)cc1F. The summed E-state index contributed by atoms with van der Waals surface area (Å²) < 4.78 is 18.3. The van der Waals surface area contributed by atoms with Crippen molar-refractivity contribution in [1.29, 1.82) is 0 Å². The van der Waals surface area contributed by atoms with Gasteiger partial charge in [-0.05, 0) is 30.5 Å². The molecule has 0 spiro atoms. The Hall–Kier alpha value is -1.62. The van der Waals surface area contributed by atoms with Crippen LogP contribution in [-0.2, 0) is 11.2 Å². The number of carbonyl (C=O) groups excluding carboxylic acids is 1. The monoisotopic (exact) mass is 281 g/mol. The molecule has 4 nitrogen and oxygen atoms in total. The molecular weight excluding hydrogens is 261 g/mol. The van der Waals surface area contributed by atoms with Gasteiger partial charge in [-0.1, -0.05) is 12.5 Å². The number of hydrogen-bond donors (Lipinski definition) is 2. The molecule has 2 rings (SSSR count). The topological polar surface area (TPSA) is 58.6 Å². The molecule has 1 fully saturated rings. The number of aliphatic hydroxyl groups is 1. The Labute approximate surface area is 117 Å². The molecule has 0 aliphatic heterocycles. The average Bonchev–Trinajstić information content (AvgIpc) is 2.82. The van der Waals surface area contributed by atoms with Gasteiger partial charge in [0.05, 0.1) is 19.6 Å². The highest BCUT2D eigenvalue weighted by atomic mass is 19.1. The maximum atomic E-state index is 13.5. The van der Waals surface area contributed by atoms with Crippen LogP contribution in [0.15, 0.2) is 18.2 Å². The third-order valence-corrected chi connectivity index (χ3v) is 3.76. The summed E-state index contributed by atoms with van der Waals surface area (Å²) in [4.78, 5) is 11.8. The van der Waals surface area contributed by atoms with Crippen LogP contribution in [-0.4, -0.2) is 30.8 Å². The van der Waals surface area contributed by atoms with E-state index < -0.39 is 5.82 Å². The van der Waals surface area contributed by atoms with Gasteiger partial charge in [0.1, 0.15) is 0 Å². The lowest BCUT2D eigenvalue weighted by atomic mass is 10.1. The normalized spacial score (nSPS) is 21.8. The zero-order valence-corrected chi connectivity index (χ0v) is 11.6. The van der Waals surface area contributed by atoms with E-state index in [0.717, 1.165) is 19.3 Å². The van der Waals surface area contributed by atoms with Gasteiger partial charge in [-0.25, -0.2) is 4.39 Å². The number of hydrogen-bond acceptors (Lipinski definition) is 3. The minimum Gasteiger partial charge on any atom is -0.494 e. The van der Waals surface area contributed by atoms with E-state index in [2.05, 4.69) is 5.32 Å². The van der Waals surface area contributed by atoms with Gasteiger partial charge in [0, 0.05) is 12.5 Å². The zero-order chi connectivity index (χ0) is 14.5. The predicted molar refractivity (Wildman–Crippen MR) is 73.0 cm³/mol. The predicted octanol–water partition coefficient (Wildman–Crippen LogP) is 1.65. The molecule has 0 bridgehead atoms. The number of carbonyl (C=O) groups is 1. The zero-order valence-electron chi connectivity index (χ0n) is 11.6. The van der Waals surface area contributed by atoms with E-state index in [1.165, 1.54) is 19.2 Å². The quantitative estimate of drug-likeness (QED) is 0.863. The van der Waals surface area contributed by atoms with Crippen molar-refractivity contribution in [3.05, 3.63) is 29.6 Å². The van der Waals surface area contributed by atoms with E-state index in [-0.39, 0.29) is 30.1 Å². The molecule has 2 unspecified atom stereocenters. The van der Waals surface area contributed by atoms with Gasteiger partial charge in [0.15, 0.2) is 11.6 Å². The first kappa shape index (κ1) is 14.8. The maximum absolute atomic E-state index is 13.5. The molecule has 20 heavy (non-hydrogen) atoms. The minimum absolute atomic E-state index is 0.129. The maximum Gasteiger partial charge on any atom is 0.224 e. The third-order valence-electron chi connectivity index (χ3n) is 3.76. The molecule has 0 aromatic heterocycles. The summed E-state index contributed by atoms with van der Waals surface area (Å²) in [6, 6.07) is 4.49. The second-order valence-electron chi connectivity index (χ2n) is 5.21. The second-order valence-corrected chi connectivity index (χ2v) is 5.21. The Kier molecular flexibility index (Phi) is 4.95. The molecule has 1 aliphatic rings. The summed E-state index contributed by atoms with van der Waals surface area (Å²) in [6.07, 6.45) is 2.58.